The molecule has 9 heteroatoms. The Bertz CT molecular complexity index is 1610. The molecule has 1 N–H and O–H groups in total. The average molecular weight is 557 g/mol. The molecular weight excluding hydrogens is 528 g/mol. The van der Waals surface area contributed by atoms with Gasteiger partial charge in [0.2, 0.25) is 5.78 Å². The van der Waals surface area contributed by atoms with Crippen LogP contribution in [0.5, 0.6) is 17.2 Å². The number of nitrogens with zero attached hydrogens (tertiary/aromatic N) is 2. The molecule has 0 fully saturated rings. The van der Waals surface area contributed by atoms with Gasteiger partial charge >= 0.3 is 0 Å². The standard InChI is InChI=1S/C31H28N2O6S/c1-19-27(40-29(32-19)21-10-6-5-7-11-21)28(35)31(22-13-14-25(38-3)26(16-22)39-4)17-24(34)30(36)33(31)18-20-9-8-12-23(15-20)37-2/h5-17,34H,18H2,1-4H3. The predicted molar refractivity (Wildman–Crippen MR) is 152 cm³/mol. The summed E-state index contributed by atoms with van der Waals surface area (Å²) < 4.78 is 16.3. The van der Waals surface area contributed by atoms with Crippen molar-refractivity contribution in [3.8, 4) is 27.8 Å². The maximum Gasteiger partial charge on any atom is 0.290 e. The lowest BCUT2D eigenvalue weighted by molar-refractivity contribution is -0.131. The first-order valence-electron chi connectivity index (χ1n) is 12.5. The van der Waals surface area contributed by atoms with Gasteiger partial charge in [-0.3, -0.25) is 9.59 Å². The molecule has 3 aromatic carbocycles. The second kappa shape index (κ2) is 10.9. The van der Waals surface area contributed by atoms with E-state index in [1.807, 2.05) is 36.4 Å². The zero-order valence-electron chi connectivity index (χ0n) is 22.5. The number of amides is 1. The molecule has 1 unspecified atom stereocenters. The fourth-order valence-electron chi connectivity index (χ4n) is 4.90. The number of hydrogen-bond acceptors (Lipinski definition) is 8. The van der Waals surface area contributed by atoms with Gasteiger partial charge in [-0.2, -0.15) is 0 Å². The Hall–Kier alpha value is -4.63. The summed E-state index contributed by atoms with van der Waals surface area (Å²) in [5.74, 6) is -0.127. The number of carbonyl (C=O) groups is 2. The minimum atomic E-state index is -1.69. The first-order valence-corrected chi connectivity index (χ1v) is 13.3. The zero-order valence-corrected chi connectivity index (χ0v) is 23.3. The number of benzene rings is 3. The summed E-state index contributed by atoms with van der Waals surface area (Å²) >= 11 is 1.25. The van der Waals surface area contributed by atoms with E-state index in [1.54, 1.807) is 50.4 Å². The molecule has 0 bridgehead atoms. The lowest BCUT2D eigenvalue weighted by Gasteiger charge is -2.37. The monoisotopic (exact) mass is 556 g/mol. The van der Waals surface area contributed by atoms with Crippen LogP contribution in [0, 0.1) is 6.92 Å². The number of Topliss-reactive ketones (excluding diaryl/α,β-unsaturated/α-hetero) is 1. The van der Waals surface area contributed by atoms with Crippen molar-refractivity contribution in [2.45, 2.75) is 19.0 Å². The molecule has 2 heterocycles. The van der Waals surface area contributed by atoms with E-state index in [9.17, 15) is 14.7 Å². The Morgan fingerprint density at radius 1 is 0.950 bits per heavy atom. The van der Waals surface area contributed by atoms with Gasteiger partial charge in [0.25, 0.3) is 5.91 Å². The molecule has 4 aromatic rings. The Kier molecular flexibility index (Phi) is 7.32. The lowest BCUT2D eigenvalue weighted by atomic mass is 9.83. The van der Waals surface area contributed by atoms with Crippen LogP contribution in [0.4, 0.5) is 0 Å². The minimum absolute atomic E-state index is 0.0278. The Balaban J connectivity index is 1.71. The van der Waals surface area contributed by atoms with Crippen molar-refractivity contribution in [2.75, 3.05) is 21.3 Å². The molecular formula is C31H28N2O6S. The lowest BCUT2D eigenvalue weighted by Crippen LogP contribution is -2.49. The fraction of sp³-hybridized carbons (Fsp3) is 0.194. The normalized spacial score (nSPS) is 16.6. The van der Waals surface area contributed by atoms with Gasteiger partial charge in [0.05, 0.1) is 31.9 Å². The van der Waals surface area contributed by atoms with E-state index in [2.05, 4.69) is 4.98 Å². The molecule has 1 aromatic heterocycles. The molecule has 1 atom stereocenters. The quantitative estimate of drug-likeness (QED) is 0.264. The van der Waals surface area contributed by atoms with E-state index in [-0.39, 0.29) is 6.54 Å². The van der Waals surface area contributed by atoms with Gasteiger partial charge in [0.1, 0.15) is 10.8 Å². The number of rotatable bonds is 9. The second-order valence-electron chi connectivity index (χ2n) is 9.24. The topological polar surface area (TPSA) is 98.2 Å². The molecule has 0 spiro atoms. The second-order valence-corrected chi connectivity index (χ2v) is 10.2. The third-order valence-corrected chi connectivity index (χ3v) is 8.11. The number of ether oxygens (including phenoxy) is 3. The summed E-state index contributed by atoms with van der Waals surface area (Å²) in [4.78, 5) is 34.7. The van der Waals surface area contributed by atoms with Crippen LogP contribution in [0.25, 0.3) is 10.6 Å². The van der Waals surface area contributed by atoms with Crippen LogP contribution >= 0.6 is 11.3 Å². The van der Waals surface area contributed by atoms with E-state index < -0.39 is 23.0 Å². The van der Waals surface area contributed by atoms with E-state index in [0.29, 0.717) is 38.4 Å². The van der Waals surface area contributed by atoms with E-state index >= 15 is 0 Å². The van der Waals surface area contributed by atoms with Crippen molar-refractivity contribution in [3.63, 3.8) is 0 Å². The van der Waals surface area contributed by atoms with Gasteiger partial charge in [0.15, 0.2) is 22.8 Å². The number of hydrogen-bond donors (Lipinski definition) is 1. The third-order valence-electron chi connectivity index (χ3n) is 6.90. The van der Waals surface area contributed by atoms with Crippen molar-refractivity contribution in [1.82, 2.24) is 9.88 Å². The van der Waals surface area contributed by atoms with Crippen LogP contribution < -0.4 is 14.2 Å². The Morgan fingerprint density at radius 3 is 2.40 bits per heavy atom. The van der Waals surface area contributed by atoms with Crippen molar-refractivity contribution >= 4 is 23.0 Å². The highest BCUT2D eigenvalue weighted by molar-refractivity contribution is 7.17. The van der Waals surface area contributed by atoms with Gasteiger partial charge in [0, 0.05) is 18.2 Å². The summed E-state index contributed by atoms with van der Waals surface area (Å²) in [7, 11) is 4.57. The maximum absolute atomic E-state index is 14.7. The molecule has 0 aliphatic carbocycles. The third kappa shape index (κ3) is 4.58. The SMILES string of the molecule is COc1cccc(CN2C(=O)C(O)=CC2(C(=O)c2sc(-c3ccccc3)nc2C)c2ccc(OC)c(OC)c2)c1. The first kappa shape index (κ1) is 27.0. The summed E-state index contributed by atoms with van der Waals surface area (Å²) in [6, 6.07) is 21.8. The summed E-state index contributed by atoms with van der Waals surface area (Å²) in [6.07, 6.45) is 1.32. The maximum atomic E-state index is 14.7. The van der Waals surface area contributed by atoms with Gasteiger partial charge in [-0.05, 0) is 42.3 Å². The van der Waals surface area contributed by atoms with Crippen LogP contribution in [0.15, 0.2) is 84.6 Å². The highest BCUT2D eigenvalue weighted by Crippen LogP contribution is 2.45. The first-order chi connectivity index (χ1) is 19.3. The summed E-state index contributed by atoms with van der Waals surface area (Å²) in [5.41, 5.74) is 0.880. The molecule has 0 radical (unpaired) electrons. The van der Waals surface area contributed by atoms with Crippen molar-refractivity contribution < 1.29 is 28.9 Å². The van der Waals surface area contributed by atoms with E-state index in [4.69, 9.17) is 14.2 Å². The average Bonchev–Trinajstić information content (AvgIpc) is 3.50. The van der Waals surface area contributed by atoms with Crippen LogP contribution in [0.1, 0.15) is 26.5 Å². The predicted octanol–water partition coefficient (Wildman–Crippen LogP) is 5.71. The molecule has 204 valence electrons. The van der Waals surface area contributed by atoms with Crippen LogP contribution in [-0.2, 0) is 16.9 Å². The van der Waals surface area contributed by atoms with Crippen molar-refractivity contribution in [1.29, 1.82) is 0 Å². The number of methoxy groups -OCH3 is 3. The molecule has 1 aliphatic heterocycles. The molecule has 0 saturated heterocycles. The minimum Gasteiger partial charge on any atom is -0.503 e. The Labute approximate surface area is 236 Å². The van der Waals surface area contributed by atoms with Crippen LogP contribution in [-0.4, -0.2) is 48.0 Å². The van der Waals surface area contributed by atoms with Gasteiger partial charge in [-0.25, -0.2) is 4.98 Å². The number of aliphatic hydroxyl groups is 1. The summed E-state index contributed by atoms with van der Waals surface area (Å²) in [6.45, 7) is 1.80. The Morgan fingerprint density at radius 2 is 1.70 bits per heavy atom. The van der Waals surface area contributed by atoms with E-state index in [0.717, 1.165) is 11.1 Å². The van der Waals surface area contributed by atoms with Crippen LogP contribution in [0.2, 0.25) is 0 Å². The molecule has 1 aliphatic rings. The van der Waals surface area contributed by atoms with Gasteiger partial charge < -0.3 is 24.2 Å². The zero-order chi connectivity index (χ0) is 28.4. The number of thiazole rings is 1. The van der Waals surface area contributed by atoms with Crippen LogP contribution in [0.3, 0.4) is 0 Å². The molecule has 8 nitrogen and oxygen atoms in total. The van der Waals surface area contributed by atoms with Gasteiger partial charge in [-0.15, -0.1) is 11.3 Å². The smallest absolute Gasteiger partial charge is 0.290 e. The molecule has 5 rings (SSSR count). The number of carbonyl (C=O) groups excluding carboxylic acids is 2. The van der Waals surface area contributed by atoms with Crippen molar-refractivity contribution in [3.05, 3.63) is 106 Å². The number of aryl methyl sites for hydroxylation is 1. The van der Waals surface area contributed by atoms with Crippen molar-refractivity contribution in [2.24, 2.45) is 0 Å². The highest BCUT2D eigenvalue weighted by Gasteiger charge is 2.53. The van der Waals surface area contributed by atoms with Gasteiger partial charge in [-0.1, -0.05) is 48.5 Å². The highest BCUT2D eigenvalue weighted by atomic mass is 32.1. The largest absolute Gasteiger partial charge is 0.503 e. The fourth-order valence-corrected chi connectivity index (χ4v) is 5.97. The molecule has 40 heavy (non-hydrogen) atoms. The molecule has 1 amide bonds. The van der Waals surface area contributed by atoms with E-state index in [1.165, 1.54) is 36.5 Å². The molecule has 0 saturated carbocycles. The number of aliphatic hydroxyl groups excluding tert-OH is 1. The number of ketones is 1. The summed E-state index contributed by atoms with van der Waals surface area (Å²) in [5, 5.41) is 11.5. The number of aromatic nitrogens is 1.